The second-order valence-electron chi connectivity index (χ2n) is 7.55. The Bertz CT molecular complexity index is 312. The second kappa shape index (κ2) is 23.4. The van der Waals surface area contributed by atoms with Gasteiger partial charge in [-0.25, -0.2) is 0 Å². The van der Waals surface area contributed by atoms with Gasteiger partial charge in [-0.2, -0.15) is 0 Å². The van der Waals surface area contributed by atoms with Crippen molar-refractivity contribution < 1.29 is 9.47 Å². The van der Waals surface area contributed by atoms with E-state index in [0.717, 1.165) is 38.9 Å². The third-order valence-electron chi connectivity index (χ3n) is 4.78. The molecule has 0 saturated heterocycles. The molecule has 0 aliphatic heterocycles. The Kier molecular flexibility index (Phi) is 22.9. The predicted molar refractivity (Wildman–Crippen MR) is 120 cm³/mol. The summed E-state index contributed by atoms with van der Waals surface area (Å²) >= 11 is 0. The molecule has 0 rings (SSSR count). The highest BCUT2D eigenvalue weighted by Crippen LogP contribution is 2.14. The van der Waals surface area contributed by atoms with Crippen LogP contribution < -0.4 is 0 Å². The van der Waals surface area contributed by atoms with E-state index in [1.807, 2.05) is 0 Å². The molecule has 0 aromatic heterocycles. The number of unbranched alkanes of at least 4 members (excludes halogenated alkanes) is 10. The van der Waals surface area contributed by atoms with E-state index in [0.29, 0.717) is 0 Å². The summed E-state index contributed by atoms with van der Waals surface area (Å²) in [6, 6.07) is 0. The molecule has 0 aromatic rings. The molecule has 0 saturated carbocycles. The Morgan fingerprint density at radius 1 is 0.593 bits per heavy atom. The van der Waals surface area contributed by atoms with E-state index in [-0.39, 0.29) is 6.29 Å². The van der Waals surface area contributed by atoms with E-state index in [9.17, 15) is 0 Å². The van der Waals surface area contributed by atoms with Gasteiger partial charge in [0, 0.05) is 13.2 Å². The molecule has 0 radical (unpaired) electrons. The van der Waals surface area contributed by atoms with E-state index in [1.54, 1.807) is 0 Å². The molecule has 0 atom stereocenters. The molecule has 0 fully saturated rings. The minimum atomic E-state index is 0.0309. The van der Waals surface area contributed by atoms with Crippen molar-refractivity contribution in [1.82, 2.24) is 0 Å². The zero-order valence-electron chi connectivity index (χ0n) is 18.7. The maximum atomic E-state index is 5.91. The molecule has 0 amide bonds. The van der Waals surface area contributed by atoms with Gasteiger partial charge in [0.05, 0.1) is 0 Å². The topological polar surface area (TPSA) is 18.5 Å². The summed E-state index contributed by atoms with van der Waals surface area (Å²) in [5, 5.41) is 0. The first kappa shape index (κ1) is 26.4. The summed E-state index contributed by atoms with van der Waals surface area (Å²) in [5.74, 6) is 0. The summed E-state index contributed by atoms with van der Waals surface area (Å²) in [7, 11) is 0. The average Bonchev–Trinajstić information content (AvgIpc) is 2.68. The van der Waals surface area contributed by atoms with Crippen molar-refractivity contribution in [2.45, 2.75) is 123 Å². The summed E-state index contributed by atoms with van der Waals surface area (Å²) in [6.07, 6.45) is 27.7. The normalized spacial score (nSPS) is 12.1. The lowest BCUT2D eigenvalue weighted by Crippen LogP contribution is -2.18. The molecule has 0 N–H and O–H groups in total. The molecule has 27 heavy (non-hydrogen) atoms. The van der Waals surface area contributed by atoms with Crippen LogP contribution >= 0.6 is 0 Å². The van der Waals surface area contributed by atoms with Crippen molar-refractivity contribution in [2.75, 3.05) is 13.2 Å². The quantitative estimate of drug-likeness (QED) is 0.113. The predicted octanol–water partition coefficient (Wildman–Crippen LogP) is 8.37. The molecule has 0 bridgehead atoms. The van der Waals surface area contributed by atoms with Crippen LogP contribution in [0.1, 0.15) is 117 Å². The number of ether oxygens (including phenoxy) is 2. The van der Waals surface area contributed by atoms with Gasteiger partial charge in [-0.1, -0.05) is 96.4 Å². The Morgan fingerprint density at radius 2 is 1.11 bits per heavy atom. The number of rotatable bonds is 21. The van der Waals surface area contributed by atoms with Crippen LogP contribution in [0.4, 0.5) is 0 Å². The fourth-order valence-electron chi connectivity index (χ4n) is 2.96. The van der Waals surface area contributed by atoms with E-state index in [4.69, 9.17) is 9.47 Å². The molecule has 0 aliphatic carbocycles. The first-order valence-corrected chi connectivity index (χ1v) is 11.9. The number of hydrogen-bond acceptors (Lipinski definition) is 2. The first-order valence-electron chi connectivity index (χ1n) is 11.9. The van der Waals surface area contributed by atoms with Crippen molar-refractivity contribution >= 4 is 0 Å². The van der Waals surface area contributed by atoms with E-state index in [2.05, 4.69) is 45.1 Å². The van der Waals surface area contributed by atoms with Crippen LogP contribution in [-0.4, -0.2) is 19.5 Å². The maximum Gasteiger partial charge on any atom is 0.157 e. The van der Waals surface area contributed by atoms with Crippen LogP contribution in [0, 0.1) is 0 Å². The van der Waals surface area contributed by atoms with Gasteiger partial charge in [-0.15, -0.1) is 0 Å². The monoisotopic (exact) mass is 380 g/mol. The van der Waals surface area contributed by atoms with E-state index in [1.165, 1.54) is 70.6 Å². The van der Waals surface area contributed by atoms with Gasteiger partial charge < -0.3 is 9.47 Å². The maximum absolute atomic E-state index is 5.91. The standard InChI is InChI=1S/C25H48O2/c1-4-7-10-11-12-13-14-15-16-17-18-19-20-21-22-25(26-23-8-5-2)27-24-9-6-3/h7,10-12,25H,4-6,8-9,13-24H2,1-3H3. The van der Waals surface area contributed by atoms with Crippen molar-refractivity contribution in [2.24, 2.45) is 0 Å². The van der Waals surface area contributed by atoms with Gasteiger partial charge in [0.25, 0.3) is 0 Å². The molecular weight excluding hydrogens is 332 g/mol. The largest absolute Gasteiger partial charge is 0.353 e. The van der Waals surface area contributed by atoms with Gasteiger partial charge in [0.15, 0.2) is 6.29 Å². The van der Waals surface area contributed by atoms with Crippen molar-refractivity contribution in [3.63, 3.8) is 0 Å². The fraction of sp³-hybridized carbons (Fsp3) is 0.840. The number of allylic oxidation sites excluding steroid dienone is 4. The fourth-order valence-corrected chi connectivity index (χ4v) is 2.96. The summed E-state index contributed by atoms with van der Waals surface area (Å²) in [5.41, 5.74) is 0. The molecule has 0 aliphatic rings. The van der Waals surface area contributed by atoms with Gasteiger partial charge in [0.1, 0.15) is 0 Å². The lowest BCUT2D eigenvalue weighted by Gasteiger charge is -2.18. The third-order valence-corrected chi connectivity index (χ3v) is 4.78. The van der Waals surface area contributed by atoms with Crippen LogP contribution in [0.25, 0.3) is 0 Å². The van der Waals surface area contributed by atoms with Gasteiger partial charge in [-0.3, -0.25) is 0 Å². The zero-order valence-corrected chi connectivity index (χ0v) is 18.7. The van der Waals surface area contributed by atoms with Crippen molar-refractivity contribution in [3.8, 4) is 0 Å². The molecule has 0 aromatic carbocycles. The Hall–Kier alpha value is -0.600. The highest BCUT2D eigenvalue weighted by molar-refractivity contribution is 5.01. The third kappa shape index (κ3) is 21.6. The average molecular weight is 381 g/mol. The minimum Gasteiger partial charge on any atom is -0.353 e. The van der Waals surface area contributed by atoms with Crippen molar-refractivity contribution in [1.29, 1.82) is 0 Å². The zero-order chi connectivity index (χ0) is 19.8. The van der Waals surface area contributed by atoms with Crippen LogP contribution in [0.3, 0.4) is 0 Å². The molecule has 2 heteroatoms. The van der Waals surface area contributed by atoms with Crippen LogP contribution in [-0.2, 0) is 9.47 Å². The van der Waals surface area contributed by atoms with E-state index >= 15 is 0 Å². The highest BCUT2D eigenvalue weighted by atomic mass is 16.7. The molecule has 2 nitrogen and oxygen atoms in total. The van der Waals surface area contributed by atoms with Gasteiger partial charge >= 0.3 is 0 Å². The lowest BCUT2D eigenvalue weighted by molar-refractivity contribution is -0.147. The lowest BCUT2D eigenvalue weighted by atomic mass is 10.1. The highest BCUT2D eigenvalue weighted by Gasteiger charge is 2.08. The van der Waals surface area contributed by atoms with Crippen LogP contribution in [0.2, 0.25) is 0 Å². The number of hydrogen-bond donors (Lipinski definition) is 0. The molecule has 0 heterocycles. The Balaban J connectivity index is 3.49. The summed E-state index contributed by atoms with van der Waals surface area (Å²) in [4.78, 5) is 0. The van der Waals surface area contributed by atoms with Crippen LogP contribution in [0.5, 0.6) is 0 Å². The molecule has 160 valence electrons. The van der Waals surface area contributed by atoms with Crippen LogP contribution in [0.15, 0.2) is 24.3 Å². The SMILES string of the molecule is CCC=CC=CCCCCCCCCCCC(OCCCC)OCCCC. The van der Waals surface area contributed by atoms with E-state index < -0.39 is 0 Å². The summed E-state index contributed by atoms with van der Waals surface area (Å²) < 4.78 is 11.8. The van der Waals surface area contributed by atoms with Gasteiger partial charge in [0.2, 0.25) is 0 Å². The van der Waals surface area contributed by atoms with Gasteiger partial charge in [-0.05, 0) is 44.9 Å². The smallest absolute Gasteiger partial charge is 0.157 e. The first-order chi connectivity index (χ1) is 13.3. The summed E-state index contributed by atoms with van der Waals surface area (Å²) in [6.45, 7) is 8.27. The molecule has 0 unspecified atom stereocenters. The Morgan fingerprint density at radius 3 is 1.67 bits per heavy atom. The Labute approximate surface area is 170 Å². The molecular formula is C25H48O2. The minimum absolute atomic E-state index is 0.0309. The van der Waals surface area contributed by atoms with Crippen molar-refractivity contribution in [3.05, 3.63) is 24.3 Å². The second-order valence-corrected chi connectivity index (χ2v) is 7.55. The molecule has 0 spiro atoms.